The molecule has 6 heteroatoms. The molecule has 2 aromatic carbocycles. The summed E-state index contributed by atoms with van der Waals surface area (Å²) in [7, 11) is -3.36. The molecule has 1 aliphatic rings. The summed E-state index contributed by atoms with van der Waals surface area (Å²) in [5.41, 5.74) is 2.48. The zero-order chi connectivity index (χ0) is 18.2. The number of anilines is 1. The highest BCUT2D eigenvalue weighted by molar-refractivity contribution is 7.94. The van der Waals surface area contributed by atoms with Crippen molar-refractivity contribution in [3.8, 4) is 0 Å². The molecule has 0 radical (unpaired) electrons. The predicted molar refractivity (Wildman–Crippen MR) is 95.8 cm³/mol. The molecule has 1 heterocycles. The molecule has 0 saturated carbocycles. The minimum Gasteiger partial charge on any atom is -0.300 e. The Morgan fingerprint density at radius 1 is 1.12 bits per heavy atom. The van der Waals surface area contributed by atoms with Crippen molar-refractivity contribution in [3.05, 3.63) is 76.5 Å². The van der Waals surface area contributed by atoms with Crippen LogP contribution in [0.4, 0.5) is 10.1 Å². The Morgan fingerprint density at radius 3 is 2.44 bits per heavy atom. The highest BCUT2D eigenvalue weighted by Crippen LogP contribution is 2.27. The van der Waals surface area contributed by atoms with E-state index in [2.05, 4.69) is 0 Å². The summed E-state index contributed by atoms with van der Waals surface area (Å²) < 4.78 is 37.8. The number of carbonyl (C=O) groups excluding carboxylic acids is 1. The van der Waals surface area contributed by atoms with Crippen LogP contribution < -0.4 is 4.90 Å². The summed E-state index contributed by atoms with van der Waals surface area (Å²) in [6.07, 6.45) is 1.48. The molecule has 0 N–H and O–H groups in total. The fourth-order valence-corrected chi connectivity index (χ4v) is 4.09. The number of benzene rings is 2. The standard InChI is InChI=1S/C19H18FNO3S/c1-13-7-8-15(11-14(13)2)21(16-9-10-25(23,24)12-16)19(22)17-5-3-4-6-18(17)20/h3-11,16H,12H2,1-2H3. The first-order valence-electron chi connectivity index (χ1n) is 7.85. The molecule has 0 spiro atoms. The van der Waals surface area contributed by atoms with E-state index in [1.807, 2.05) is 26.0 Å². The highest BCUT2D eigenvalue weighted by Gasteiger charge is 2.33. The second-order valence-corrected chi connectivity index (χ2v) is 8.08. The number of aryl methyl sites for hydroxylation is 2. The van der Waals surface area contributed by atoms with Gasteiger partial charge in [-0.05, 0) is 55.3 Å². The zero-order valence-electron chi connectivity index (χ0n) is 13.9. The number of hydrogen-bond acceptors (Lipinski definition) is 3. The molecule has 25 heavy (non-hydrogen) atoms. The molecule has 1 aliphatic heterocycles. The monoisotopic (exact) mass is 359 g/mol. The Kier molecular flexibility index (Phi) is 4.47. The van der Waals surface area contributed by atoms with Crippen LogP contribution in [0.15, 0.2) is 53.9 Å². The minimum absolute atomic E-state index is 0.0848. The molecule has 4 nitrogen and oxygen atoms in total. The highest BCUT2D eigenvalue weighted by atomic mass is 32.2. The van der Waals surface area contributed by atoms with Crippen LogP contribution in [-0.4, -0.2) is 26.1 Å². The summed E-state index contributed by atoms with van der Waals surface area (Å²) in [6, 6.07) is 10.5. The van der Waals surface area contributed by atoms with E-state index >= 15 is 0 Å². The second-order valence-electron chi connectivity index (χ2n) is 6.15. The third kappa shape index (κ3) is 3.49. The lowest BCUT2D eigenvalue weighted by atomic mass is 10.1. The normalized spacial score (nSPS) is 18.3. The van der Waals surface area contributed by atoms with Crippen molar-refractivity contribution in [3.63, 3.8) is 0 Å². The van der Waals surface area contributed by atoms with Gasteiger partial charge in [0.2, 0.25) is 0 Å². The van der Waals surface area contributed by atoms with Crippen molar-refractivity contribution >= 4 is 21.4 Å². The number of hydrogen-bond donors (Lipinski definition) is 0. The summed E-state index contributed by atoms with van der Waals surface area (Å²) in [6.45, 7) is 3.86. The number of nitrogens with zero attached hydrogens (tertiary/aromatic N) is 1. The van der Waals surface area contributed by atoms with E-state index in [1.165, 1.54) is 29.2 Å². The molecule has 0 aromatic heterocycles. The molecule has 3 rings (SSSR count). The first-order chi connectivity index (χ1) is 11.8. The fourth-order valence-electron chi connectivity index (χ4n) is 2.82. The average molecular weight is 359 g/mol. The maximum absolute atomic E-state index is 14.1. The molecular weight excluding hydrogens is 341 g/mol. The average Bonchev–Trinajstić information content (AvgIpc) is 2.91. The predicted octanol–water partition coefficient (Wildman–Crippen LogP) is 3.40. The maximum atomic E-state index is 14.1. The van der Waals surface area contributed by atoms with E-state index in [0.717, 1.165) is 16.5 Å². The Balaban J connectivity index is 2.09. The smallest absolute Gasteiger partial charge is 0.261 e. The number of amides is 1. The van der Waals surface area contributed by atoms with Crippen molar-refractivity contribution < 1.29 is 17.6 Å². The molecule has 130 valence electrons. The van der Waals surface area contributed by atoms with Gasteiger partial charge in [0, 0.05) is 11.1 Å². The molecule has 0 bridgehead atoms. The van der Waals surface area contributed by atoms with Crippen molar-refractivity contribution in [1.82, 2.24) is 0 Å². The molecule has 1 unspecified atom stereocenters. The van der Waals surface area contributed by atoms with Gasteiger partial charge in [-0.2, -0.15) is 0 Å². The van der Waals surface area contributed by atoms with Crippen LogP contribution in [-0.2, 0) is 9.84 Å². The van der Waals surface area contributed by atoms with Crippen LogP contribution in [0.25, 0.3) is 0 Å². The van der Waals surface area contributed by atoms with Crippen molar-refractivity contribution in [2.45, 2.75) is 19.9 Å². The van der Waals surface area contributed by atoms with Gasteiger partial charge < -0.3 is 4.90 Å². The molecule has 0 fully saturated rings. The summed E-state index contributed by atoms with van der Waals surface area (Å²) in [5, 5.41) is 1.11. The van der Waals surface area contributed by atoms with Gasteiger partial charge in [0.05, 0.1) is 17.4 Å². The molecule has 2 aromatic rings. The molecule has 0 aliphatic carbocycles. The lowest BCUT2D eigenvalue weighted by molar-refractivity contribution is 0.0979. The van der Waals surface area contributed by atoms with Crippen LogP contribution >= 0.6 is 0 Å². The van der Waals surface area contributed by atoms with Crippen LogP contribution in [0.5, 0.6) is 0 Å². The van der Waals surface area contributed by atoms with Crippen molar-refractivity contribution in [2.24, 2.45) is 0 Å². The van der Waals surface area contributed by atoms with E-state index in [-0.39, 0.29) is 11.3 Å². The third-order valence-corrected chi connectivity index (χ3v) is 5.71. The Hall–Kier alpha value is -2.47. The van der Waals surface area contributed by atoms with E-state index in [4.69, 9.17) is 0 Å². The topological polar surface area (TPSA) is 54.5 Å². The number of halogens is 1. The Labute approximate surface area is 146 Å². The van der Waals surface area contributed by atoms with E-state index < -0.39 is 27.6 Å². The second kappa shape index (κ2) is 6.44. The quantitative estimate of drug-likeness (QED) is 0.844. The first kappa shape index (κ1) is 17.4. The lowest BCUT2D eigenvalue weighted by Crippen LogP contribution is -2.41. The maximum Gasteiger partial charge on any atom is 0.261 e. The van der Waals surface area contributed by atoms with Gasteiger partial charge >= 0.3 is 0 Å². The van der Waals surface area contributed by atoms with Gasteiger partial charge in [0.15, 0.2) is 9.84 Å². The molecule has 1 atom stereocenters. The van der Waals surface area contributed by atoms with Gasteiger partial charge in [-0.1, -0.05) is 18.2 Å². The summed E-state index contributed by atoms with van der Waals surface area (Å²) in [5.74, 6) is -1.40. The van der Waals surface area contributed by atoms with Gasteiger partial charge in [-0.3, -0.25) is 4.79 Å². The lowest BCUT2D eigenvalue weighted by Gasteiger charge is -2.28. The summed E-state index contributed by atoms with van der Waals surface area (Å²) >= 11 is 0. The minimum atomic E-state index is -3.36. The largest absolute Gasteiger partial charge is 0.300 e. The van der Waals surface area contributed by atoms with Gasteiger partial charge in [-0.25, -0.2) is 12.8 Å². The molecular formula is C19H18FNO3S. The van der Waals surface area contributed by atoms with Crippen LogP contribution in [0.3, 0.4) is 0 Å². The van der Waals surface area contributed by atoms with Crippen LogP contribution in [0, 0.1) is 19.7 Å². The van der Waals surface area contributed by atoms with Gasteiger partial charge in [-0.15, -0.1) is 0 Å². The first-order valence-corrected chi connectivity index (χ1v) is 9.56. The summed E-state index contributed by atoms with van der Waals surface area (Å²) in [4.78, 5) is 14.4. The molecule has 0 saturated heterocycles. The number of sulfone groups is 1. The Bertz CT molecular complexity index is 966. The van der Waals surface area contributed by atoms with E-state index in [0.29, 0.717) is 5.69 Å². The van der Waals surface area contributed by atoms with E-state index in [1.54, 1.807) is 12.1 Å². The van der Waals surface area contributed by atoms with E-state index in [9.17, 15) is 17.6 Å². The van der Waals surface area contributed by atoms with Crippen molar-refractivity contribution in [2.75, 3.05) is 10.7 Å². The fraction of sp³-hybridized carbons (Fsp3) is 0.211. The van der Waals surface area contributed by atoms with Gasteiger partial charge in [0.1, 0.15) is 5.82 Å². The Morgan fingerprint density at radius 2 is 1.84 bits per heavy atom. The van der Waals surface area contributed by atoms with Gasteiger partial charge in [0.25, 0.3) is 5.91 Å². The third-order valence-electron chi connectivity index (χ3n) is 4.33. The molecule has 1 amide bonds. The SMILES string of the molecule is Cc1ccc(N(C(=O)c2ccccc2F)C2C=CS(=O)(=O)C2)cc1C. The van der Waals surface area contributed by atoms with Crippen LogP contribution in [0.1, 0.15) is 21.5 Å². The zero-order valence-corrected chi connectivity index (χ0v) is 14.8. The number of rotatable bonds is 3. The van der Waals surface area contributed by atoms with Crippen molar-refractivity contribution in [1.29, 1.82) is 0 Å². The van der Waals surface area contributed by atoms with Crippen LogP contribution in [0.2, 0.25) is 0 Å². The number of carbonyl (C=O) groups is 1.